The molecule has 2 fully saturated rings. The number of nitrogens with zero attached hydrogens (tertiary/aromatic N) is 4. The van der Waals surface area contributed by atoms with Crippen molar-refractivity contribution in [3.05, 3.63) is 83.0 Å². The van der Waals surface area contributed by atoms with E-state index in [0.29, 0.717) is 12.1 Å². The molecule has 2 saturated heterocycles. The van der Waals surface area contributed by atoms with Crippen molar-refractivity contribution in [1.82, 2.24) is 20.2 Å². The van der Waals surface area contributed by atoms with Gasteiger partial charge < -0.3 is 15.0 Å². The standard InChI is InChI=1S/C30H37N5O2S/c1-2-26-19-28(35-16-14-34(15-17-35)21-23-7-4-3-5-8-23)33-30(32-26)38-22-24-10-12-25(13-11-24)29(36)31-20-27-9-6-18-37-27/h3-5,7-8,10-13,19,27H,2,6,9,14-18,20-22H2,1H3,(H,31,36). The molecule has 1 N–H and O–H groups in total. The van der Waals surface area contributed by atoms with Crippen LogP contribution in [0.15, 0.2) is 65.8 Å². The maximum absolute atomic E-state index is 12.5. The number of carbonyl (C=O) groups is 1. The first-order valence-corrected chi connectivity index (χ1v) is 14.7. The molecule has 8 heteroatoms. The highest BCUT2D eigenvalue weighted by Crippen LogP contribution is 2.24. The summed E-state index contributed by atoms with van der Waals surface area (Å²) in [7, 11) is 0. The molecule has 0 aliphatic carbocycles. The van der Waals surface area contributed by atoms with Gasteiger partial charge in [-0.05, 0) is 42.5 Å². The Morgan fingerprint density at radius 2 is 1.82 bits per heavy atom. The van der Waals surface area contributed by atoms with E-state index in [2.05, 4.69) is 58.4 Å². The number of amides is 1. The molecule has 0 spiro atoms. The summed E-state index contributed by atoms with van der Waals surface area (Å²) >= 11 is 1.65. The van der Waals surface area contributed by atoms with Crippen molar-refractivity contribution in [2.45, 2.75) is 49.7 Å². The van der Waals surface area contributed by atoms with Crippen LogP contribution in [0.3, 0.4) is 0 Å². The Morgan fingerprint density at radius 3 is 2.53 bits per heavy atom. The summed E-state index contributed by atoms with van der Waals surface area (Å²) in [4.78, 5) is 27.1. The zero-order valence-electron chi connectivity index (χ0n) is 22.1. The van der Waals surface area contributed by atoms with E-state index < -0.39 is 0 Å². The molecule has 2 aromatic carbocycles. The van der Waals surface area contributed by atoms with Crippen LogP contribution in [0.2, 0.25) is 0 Å². The summed E-state index contributed by atoms with van der Waals surface area (Å²) in [6.45, 7) is 8.49. The van der Waals surface area contributed by atoms with Gasteiger partial charge in [0.25, 0.3) is 5.91 Å². The molecule has 0 bridgehead atoms. The van der Waals surface area contributed by atoms with E-state index in [0.717, 1.165) is 86.6 Å². The Labute approximate surface area is 230 Å². The second-order valence-corrected chi connectivity index (χ2v) is 10.9. The van der Waals surface area contributed by atoms with Crippen molar-refractivity contribution >= 4 is 23.5 Å². The molecular weight excluding hydrogens is 494 g/mol. The smallest absolute Gasteiger partial charge is 0.251 e. The Balaban J connectivity index is 1.14. The number of nitrogens with one attached hydrogen (secondary N) is 1. The summed E-state index contributed by atoms with van der Waals surface area (Å²) in [5.74, 6) is 1.74. The molecule has 0 radical (unpaired) electrons. The number of anilines is 1. The molecule has 3 aromatic rings. The molecule has 1 atom stereocenters. The van der Waals surface area contributed by atoms with E-state index in [1.54, 1.807) is 11.8 Å². The molecule has 2 aliphatic heterocycles. The molecule has 5 rings (SSSR count). The zero-order chi connectivity index (χ0) is 26.2. The van der Waals surface area contributed by atoms with Gasteiger partial charge in [0.2, 0.25) is 0 Å². The molecule has 2 aliphatic rings. The van der Waals surface area contributed by atoms with Crippen LogP contribution in [0, 0.1) is 0 Å². The maximum atomic E-state index is 12.5. The maximum Gasteiger partial charge on any atom is 0.251 e. The minimum Gasteiger partial charge on any atom is -0.376 e. The Hall–Kier alpha value is -2.94. The number of hydrogen-bond donors (Lipinski definition) is 1. The molecule has 200 valence electrons. The summed E-state index contributed by atoms with van der Waals surface area (Å²) in [6, 6.07) is 20.6. The Kier molecular flexibility index (Phi) is 9.28. The Bertz CT molecular complexity index is 1180. The summed E-state index contributed by atoms with van der Waals surface area (Å²) in [5.41, 5.74) is 4.26. The lowest BCUT2D eigenvalue weighted by molar-refractivity contribution is 0.0858. The molecule has 7 nitrogen and oxygen atoms in total. The molecule has 1 aromatic heterocycles. The SMILES string of the molecule is CCc1cc(N2CCN(Cc3ccccc3)CC2)nc(SCc2ccc(C(=O)NCC3CCCO3)cc2)n1. The van der Waals surface area contributed by atoms with Gasteiger partial charge in [-0.2, -0.15) is 0 Å². The van der Waals surface area contributed by atoms with Gasteiger partial charge in [-0.3, -0.25) is 9.69 Å². The largest absolute Gasteiger partial charge is 0.376 e. The highest BCUT2D eigenvalue weighted by atomic mass is 32.2. The monoisotopic (exact) mass is 531 g/mol. The van der Waals surface area contributed by atoms with Crippen LogP contribution in [0.1, 0.15) is 46.9 Å². The van der Waals surface area contributed by atoms with Crippen molar-refractivity contribution in [3.63, 3.8) is 0 Å². The number of rotatable bonds is 10. The first-order chi connectivity index (χ1) is 18.7. The third-order valence-corrected chi connectivity index (χ3v) is 8.07. The van der Waals surface area contributed by atoms with Gasteiger partial charge in [0.1, 0.15) is 5.82 Å². The average Bonchev–Trinajstić information content (AvgIpc) is 3.50. The molecular formula is C30H37N5O2S. The molecule has 1 amide bonds. The van der Waals surface area contributed by atoms with E-state index in [9.17, 15) is 4.79 Å². The van der Waals surface area contributed by atoms with E-state index >= 15 is 0 Å². The number of hydrogen-bond acceptors (Lipinski definition) is 7. The van der Waals surface area contributed by atoms with Gasteiger partial charge >= 0.3 is 0 Å². The predicted octanol–water partition coefficient (Wildman–Crippen LogP) is 4.56. The summed E-state index contributed by atoms with van der Waals surface area (Å²) < 4.78 is 5.59. The van der Waals surface area contributed by atoms with E-state index in [4.69, 9.17) is 14.7 Å². The van der Waals surface area contributed by atoms with Crippen molar-refractivity contribution in [1.29, 1.82) is 0 Å². The predicted molar refractivity (Wildman–Crippen MR) is 153 cm³/mol. The lowest BCUT2D eigenvalue weighted by atomic mass is 10.1. The van der Waals surface area contributed by atoms with Crippen molar-refractivity contribution in [3.8, 4) is 0 Å². The van der Waals surface area contributed by atoms with Gasteiger partial charge in [-0.1, -0.05) is 61.2 Å². The van der Waals surface area contributed by atoms with Crippen LogP contribution in [-0.4, -0.2) is 66.2 Å². The number of piperazine rings is 1. The number of ether oxygens (including phenoxy) is 1. The number of benzene rings is 2. The van der Waals surface area contributed by atoms with E-state index in [1.165, 1.54) is 5.56 Å². The second kappa shape index (κ2) is 13.2. The fraction of sp³-hybridized carbons (Fsp3) is 0.433. The van der Waals surface area contributed by atoms with Gasteiger partial charge in [-0.25, -0.2) is 9.97 Å². The van der Waals surface area contributed by atoms with E-state index in [1.807, 2.05) is 24.3 Å². The van der Waals surface area contributed by atoms with Gasteiger partial charge in [0, 0.05) is 69.0 Å². The Morgan fingerprint density at radius 1 is 1.03 bits per heavy atom. The summed E-state index contributed by atoms with van der Waals surface area (Å²) in [5, 5.41) is 3.80. The van der Waals surface area contributed by atoms with Crippen LogP contribution in [-0.2, 0) is 23.5 Å². The van der Waals surface area contributed by atoms with E-state index in [-0.39, 0.29) is 12.0 Å². The number of carbonyl (C=O) groups excluding carboxylic acids is 1. The van der Waals surface area contributed by atoms with Crippen molar-refractivity contribution in [2.24, 2.45) is 0 Å². The van der Waals surface area contributed by atoms with Crippen LogP contribution in [0.4, 0.5) is 5.82 Å². The zero-order valence-corrected chi connectivity index (χ0v) is 23.0. The van der Waals surface area contributed by atoms with Crippen LogP contribution in [0.5, 0.6) is 0 Å². The number of aryl methyl sites for hydroxylation is 1. The third kappa shape index (κ3) is 7.34. The van der Waals surface area contributed by atoms with Crippen LogP contribution < -0.4 is 10.2 Å². The summed E-state index contributed by atoms with van der Waals surface area (Å²) in [6.07, 6.45) is 3.12. The topological polar surface area (TPSA) is 70.6 Å². The molecule has 38 heavy (non-hydrogen) atoms. The van der Waals surface area contributed by atoms with Gasteiger partial charge in [0.05, 0.1) is 6.10 Å². The van der Waals surface area contributed by atoms with Crippen LogP contribution >= 0.6 is 11.8 Å². The van der Waals surface area contributed by atoms with Crippen LogP contribution in [0.25, 0.3) is 0 Å². The van der Waals surface area contributed by atoms with Crippen molar-refractivity contribution < 1.29 is 9.53 Å². The minimum atomic E-state index is -0.0489. The average molecular weight is 532 g/mol. The first-order valence-electron chi connectivity index (χ1n) is 13.7. The quantitative estimate of drug-likeness (QED) is 0.304. The highest BCUT2D eigenvalue weighted by molar-refractivity contribution is 7.98. The fourth-order valence-electron chi connectivity index (χ4n) is 4.86. The number of thioether (sulfide) groups is 1. The molecule has 1 unspecified atom stereocenters. The highest BCUT2D eigenvalue weighted by Gasteiger charge is 2.20. The van der Waals surface area contributed by atoms with Crippen molar-refractivity contribution in [2.75, 3.05) is 44.2 Å². The normalized spacial score (nSPS) is 18.0. The fourth-order valence-corrected chi connectivity index (χ4v) is 5.69. The van der Waals surface area contributed by atoms with Gasteiger partial charge in [0.15, 0.2) is 5.16 Å². The molecule has 0 saturated carbocycles. The molecule has 3 heterocycles. The number of aromatic nitrogens is 2. The lowest BCUT2D eigenvalue weighted by Crippen LogP contribution is -2.46. The van der Waals surface area contributed by atoms with Gasteiger partial charge in [-0.15, -0.1) is 0 Å². The lowest BCUT2D eigenvalue weighted by Gasteiger charge is -2.35. The minimum absolute atomic E-state index is 0.0489. The third-order valence-electron chi connectivity index (χ3n) is 7.15. The second-order valence-electron chi connectivity index (χ2n) is 9.93. The first kappa shape index (κ1) is 26.7.